The minimum Gasteiger partial charge on any atom is -0.492 e. The van der Waals surface area contributed by atoms with Crippen LogP contribution in [0.15, 0.2) is 47.4 Å². The molecule has 0 fully saturated rings. The Labute approximate surface area is 165 Å². The number of hydrogen-bond donors (Lipinski definition) is 2. The average molecular weight is 408 g/mol. The Morgan fingerprint density at radius 3 is 2.54 bits per heavy atom. The van der Waals surface area contributed by atoms with Gasteiger partial charge in [0.05, 0.1) is 22.8 Å². The summed E-state index contributed by atoms with van der Waals surface area (Å²) < 4.78 is 46.9. The monoisotopic (exact) mass is 408 g/mol. The number of carbonyl (C=O) groups is 1. The lowest BCUT2D eigenvalue weighted by Gasteiger charge is -2.14. The highest BCUT2D eigenvalue weighted by atomic mass is 32.2. The minimum atomic E-state index is -3.75. The molecule has 6 nitrogen and oxygen atoms in total. The third-order valence-electron chi connectivity index (χ3n) is 3.94. The molecule has 0 aliphatic carbocycles. The topological polar surface area (TPSA) is 84.5 Å². The zero-order chi connectivity index (χ0) is 20.7. The van der Waals surface area contributed by atoms with Crippen molar-refractivity contribution >= 4 is 21.6 Å². The fourth-order valence-electron chi connectivity index (χ4n) is 2.46. The number of sulfonamides is 1. The Kier molecular flexibility index (Phi) is 7.53. The molecule has 0 radical (unpaired) electrons. The van der Waals surface area contributed by atoms with Gasteiger partial charge in [0, 0.05) is 6.54 Å². The summed E-state index contributed by atoms with van der Waals surface area (Å²) >= 11 is 0. The maximum atomic E-state index is 13.9. The van der Waals surface area contributed by atoms with Crippen LogP contribution in [-0.4, -0.2) is 27.5 Å². The van der Waals surface area contributed by atoms with Gasteiger partial charge in [-0.1, -0.05) is 26.0 Å². The van der Waals surface area contributed by atoms with Gasteiger partial charge in [-0.3, -0.25) is 4.79 Å². The van der Waals surface area contributed by atoms with Crippen LogP contribution < -0.4 is 14.8 Å². The zero-order valence-corrected chi connectivity index (χ0v) is 17.0. The summed E-state index contributed by atoms with van der Waals surface area (Å²) in [6.07, 6.45) is 0.702. The molecule has 2 rings (SSSR count). The van der Waals surface area contributed by atoms with E-state index in [0.717, 1.165) is 0 Å². The zero-order valence-electron chi connectivity index (χ0n) is 16.2. The summed E-state index contributed by atoms with van der Waals surface area (Å²) in [5.74, 6) is -0.703. The molecule has 0 heterocycles. The Balaban J connectivity index is 2.30. The van der Waals surface area contributed by atoms with E-state index in [1.54, 1.807) is 13.0 Å². The van der Waals surface area contributed by atoms with Crippen LogP contribution in [0.2, 0.25) is 0 Å². The van der Waals surface area contributed by atoms with Crippen molar-refractivity contribution in [2.75, 3.05) is 18.5 Å². The predicted octanol–water partition coefficient (Wildman–Crippen LogP) is 3.80. The molecule has 0 aliphatic rings. The SMILES string of the molecule is CCOc1ccc(S(=O)(=O)NCCC(C)C)cc1NC(=O)c1ccccc1F. The van der Waals surface area contributed by atoms with E-state index < -0.39 is 21.7 Å². The van der Waals surface area contributed by atoms with Crippen LogP contribution >= 0.6 is 0 Å². The van der Waals surface area contributed by atoms with Crippen molar-refractivity contribution in [1.82, 2.24) is 4.72 Å². The largest absolute Gasteiger partial charge is 0.492 e. The van der Waals surface area contributed by atoms with E-state index in [4.69, 9.17) is 4.74 Å². The van der Waals surface area contributed by atoms with Crippen molar-refractivity contribution in [1.29, 1.82) is 0 Å². The molecule has 0 unspecified atom stereocenters. The van der Waals surface area contributed by atoms with Gasteiger partial charge in [0.1, 0.15) is 11.6 Å². The van der Waals surface area contributed by atoms with E-state index in [0.29, 0.717) is 31.2 Å². The van der Waals surface area contributed by atoms with Gasteiger partial charge in [0.25, 0.3) is 5.91 Å². The lowest BCUT2D eigenvalue weighted by Crippen LogP contribution is -2.26. The van der Waals surface area contributed by atoms with Crippen molar-refractivity contribution in [3.8, 4) is 5.75 Å². The number of hydrogen-bond acceptors (Lipinski definition) is 4. The van der Waals surface area contributed by atoms with Crippen LogP contribution in [0.5, 0.6) is 5.75 Å². The number of halogens is 1. The molecule has 0 atom stereocenters. The molecule has 0 saturated heterocycles. The first-order valence-corrected chi connectivity index (χ1v) is 10.5. The van der Waals surface area contributed by atoms with E-state index in [1.165, 1.54) is 36.4 Å². The third kappa shape index (κ3) is 5.77. The molecule has 1 amide bonds. The van der Waals surface area contributed by atoms with Gasteiger partial charge >= 0.3 is 0 Å². The number of rotatable bonds is 9. The molecule has 2 aromatic rings. The fourth-order valence-corrected chi connectivity index (χ4v) is 3.53. The van der Waals surface area contributed by atoms with Gasteiger partial charge in [-0.05, 0) is 49.6 Å². The Bertz CT molecular complexity index is 930. The van der Waals surface area contributed by atoms with E-state index >= 15 is 0 Å². The van der Waals surface area contributed by atoms with Crippen molar-refractivity contribution in [2.24, 2.45) is 5.92 Å². The summed E-state index contributed by atoms with van der Waals surface area (Å²) in [6, 6.07) is 9.73. The molecule has 28 heavy (non-hydrogen) atoms. The number of amides is 1. The van der Waals surface area contributed by atoms with Crippen LogP contribution in [0.1, 0.15) is 37.6 Å². The van der Waals surface area contributed by atoms with Crippen LogP contribution in [-0.2, 0) is 10.0 Å². The molecule has 0 aliphatic heterocycles. The maximum absolute atomic E-state index is 13.9. The molecule has 2 N–H and O–H groups in total. The first-order chi connectivity index (χ1) is 13.2. The number of carbonyl (C=O) groups excluding carboxylic acids is 1. The number of benzene rings is 2. The van der Waals surface area contributed by atoms with Gasteiger partial charge in [0.15, 0.2) is 0 Å². The van der Waals surface area contributed by atoms with Crippen molar-refractivity contribution in [2.45, 2.75) is 32.1 Å². The normalized spacial score (nSPS) is 11.5. The van der Waals surface area contributed by atoms with Crippen LogP contribution in [0.3, 0.4) is 0 Å². The van der Waals surface area contributed by atoms with Crippen LogP contribution in [0.25, 0.3) is 0 Å². The molecule has 8 heteroatoms. The van der Waals surface area contributed by atoms with E-state index in [1.807, 2.05) is 13.8 Å². The maximum Gasteiger partial charge on any atom is 0.258 e. The molecule has 0 bridgehead atoms. The quantitative estimate of drug-likeness (QED) is 0.661. The Morgan fingerprint density at radius 2 is 1.89 bits per heavy atom. The number of nitrogens with one attached hydrogen (secondary N) is 2. The second-order valence-corrected chi connectivity index (χ2v) is 8.37. The van der Waals surface area contributed by atoms with Crippen LogP contribution in [0.4, 0.5) is 10.1 Å². The third-order valence-corrected chi connectivity index (χ3v) is 5.40. The van der Waals surface area contributed by atoms with Crippen molar-refractivity contribution in [3.63, 3.8) is 0 Å². The second-order valence-electron chi connectivity index (χ2n) is 6.61. The second kappa shape index (κ2) is 9.66. The van der Waals surface area contributed by atoms with Crippen molar-refractivity contribution < 1.29 is 22.3 Å². The summed E-state index contributed by atoms with van der Waals surface area (Å²) in [5, 5.41) is 2.54. The van der Waals surface area contributed by atoms with Gasteiger partial charge in [-0.25, -0.2) is 17.5 Å². The van der Waals surface area contributed by atoms with Gasteiger partial charge in [-0.15, -0.1) is 0 Å². The smallest absolute Gasteiger partial charge is 0.258 e. The fraction of sp³-hybridized carbons (Fsp3) is 0.350. The highest BCUT2D eigenvalue weighted by Gasteiger charge is 2.19. The molecule has 2 aromatic carbocycles. The lowest BCUT2D eigenvalue weighted by molar-refractivity contribution is 0.102. The Morgan fingerprint density at radius 1 is 1.18 bits per heavy atom. The Hall–Kier alpha value is -2.45. The molecular weight excluding hydrogens is 383 g/mol. The van der Waals surface area contributed by atoms with Gasteiger partial charge in [-0.2, -0.15) is 0 Å². The van der Waals surface area contributed by atoms with Gasteiger partial charge < -0.3 is 10.1 Å². The average Bonchev–Trinajstić information content (AvgIpc) is 2.63. The minimum absolute atomic E-state index is 0.0106. The first-order valence-electron chi connectivity index (χ1n) is 9.07. The van der Waals surface area contributed by atoms with Crippen molar-refractivity contribution in [3.05, 3.63) is 53.8 Å². The molecular formula is C20H25FN2O4S. The van der Waals surface area contributed by atoms with E-state index in [-0.39, 0.29) is 16.1 Å². The molecule has 0 aromatic heterocycles. The van der Waals surface area contributed by atoms with Gasteiger partial charge in [0.2, 0.25) is 10.0 Å². The molecule has 0 spiro atoms. The summed E-state index contributed by atoms with van der Waals surface area (Å²) in [6.45, 7) is 6.40. The molecule has 0 saturated carbocycles. The first kappa shape index (κ1) is 21.8. The number of anilines is 1. The highest BCUT2D eigenvalue weighted by Crippen LogP contribution is 2.28. The number of ether oxygens (including phenoxy) is 1. The molecule has 152 valence electrons. The van der Waals surface area contributed by atoms with E-state index in [9.17, 15) is 17.6 Å². The predicted molar refractivity (Wildman–Crippen MR) is 107 cm³/mol. The summed E-state index contributed by atoms with van der Waals surface area (Å²) in [7, 11) is -3.75. The highest BCUT2D eigenvalue weighted by molar-refractivity contribution is 7.89. The van der Waals surface area contributed by atoms with Crippen LogP contribution in [0, 0.1) is 11.7 Å². The standard InChI is InChI=1S/C20H25FN2O4S/c1-4-27-19-10-9-15(28(25,26)22-12-11-14(2)3)13-18(19)23-20(24)16-7-5-6-8-17(16)21/h5-10,13-14,22H,4,11-12H2,1-3H3,(H,23,24). The summed E-state index contributed by atoms with van der Waals surface area (Å²) in [4.78, 5) is 12.4. The summed E-state index contributed by atoms with van der Waals surface area (Å²) in [5.41, 5.74) is 0.00936. The van der Waals surface area contributed by atoms with E-state index in [2.05, 4.69) is 10.0 Å². The lowest BCUT2D eigenvalue weighted by atomic mass is 10.1.